The molecule has 1 aliphatic rings. The number of nitrogens with zero attached hydrogens (tertiary/aromatic N) is 5. The lowest BCUT2D eigenvalue weighted by molar-refractivity contribution is 0.0703. The van der Waals surface area contributed by atoms with E-state index in [4.69, 9.17) is 9.72 Å². The van der Waals surface area contributed by atoms with Crippen LogP contribution in [0.4, 0.5) is 0 Å². The highest BCUT2D eigenvalue weighted by atomic mass is 32.1. The van der Waals surface area contributed by atoms with E-state index in [1.807, 2.05) is 29.3 Å². The minimum Gasteiger partial charge on any atom is -0.467 e. The van der Waals surface area contributed by atoms with E-state index in [1.165, 1.54) is 19.5 Å². The molecule has 28 heavy (non-hydrogen) atoms. The van der Waals surface area contributed by atoms with Crippen molar-refractivity contribution in [2.75, 3.05) is 20.2 Å². The molecule has 0 aliphatic carbocycles. The first-order valence-corrected chi connectivity index (χ1v) is 10.1. The van der Waals surface area contributed by atoms with Gasteiger partial charge in [-0.05, 0) is 37.3 Å². The zero-order valence-corrected chi connectivity index (χ0v) is 16.6. The number of ether oxygens (including phenoxy) is 1. The first kappa shape index (κ1) is 18.5. The summed E-state index contributed by atoms with van der Waals surface area (Å²) in [5.74, 6) is 0.862. The van der Waals surface area contributed by atoms with Gasteiger partial charge in [0.15, 0.2) is 0 Å². The van der Waals surface area contributed by atoms with E-state index >= 15 is 0 Å². The van der Waals surface area contributed by atoms with Crippen molar-refractivity contribution in [3.8, 4) is 16.6 Å². The molecule has 0 saturated carbocycles. The number of thiophene rings is 1. The van der Waals surface area contributed by atoms with Crippen LogP contribution >= 0.6 is 11.3 Å². The average Bonchev–Trinajstić information content (AvgIpc) is 3.28. The minimum absolute atomic E-state index is 0.0708. The molecule has 0 radical (unpaired) electrons. The minimum atomic E-state index is -0.0708. The molecule has 4 heterocycles. The van der Waals surface area contributed by atoms with Crippen molar-refractivity contribution in [1.29, 1.82) is 0 Å². The Morgan fingerprint density at radius 3 is 2.82 bits per heavy atom. The highest BCUT2D eigenvalue weighted by Crippen LogP contribution is 2.29. The van der Waals surface area contributed by atoms with Gasteiger partial charge in [0.25, 0.3) is 5.91 Å². The molecule has 1 aliphatic heterocycles. The van der Waals surface area contributed by atoms with E-state index in [2.05, 4.69) is 21.0 Å². The first-order valence-electron chi connectivity index (χ1n) is 9.19. The van der Waals surface area contributed by atoms with Gasteiger partial charge in [0.1, 0.15) is 5.82 Å². The predicted molar refractivity (Wildman–Crippen MR) is 107 cm³/mol. The topological polar surface area (TPSA) is 81.1 Å². The number of methoxy groups -OCH3 is 1. The molecule has 0 aromatic carbocycles. The molecule has 8 heteroatoms. The Morgan fingerprint density at radius 2 is 2.11 bits per heavy atom. The van der Waals surface area contributed by atoms with Gasteiger partial charge < -0.3 is 9.64 Å². The summed E-state index contributed by atoms with van der Waals surface area (Å²) in [7, 11) is 1.50. The first-order chi connectivity index (χ1) is 13.6. The van der Waals surface area contributed by atoms with Gasteiger partial charge in [-0.2, -0.15) is 0 Å². The number of hydrogen-bond donors (Lipinski definition) is 0. The maximum absolute atomic E-state index is 12.9. The molecule has 1 atom stereocenters. The monoisotopic (exact) mass is 395 g/mol. The summed E-state index contributed by atoms with van der Waals surface area (Å²) < 4.78 is 4.96. The molecule has 3 aromatic heterocycles. The van der Waals surface area contributed by atoms with Crippen LogP contribution in [0.5, 0.6) is 6.01 Å². The highest BCUT2D eigenvalue weighted by Gasteiger charge is 2.28. The van der Waals surface area contributed by atoms with Crippen LogP contribution in [0.2, 0.25) is 0 Å². The maximum atomic E-state index is 12.9. The van der Waals surface area contributed by atoms with Crippen LogP contribution in [0.1, 0.15) is 40.6 Å². The largest absolute Gasteiger partial charge is 0.467 e. The van der Waals surface area contributed by atoms with E-state index in [1.54, 1.807) is 11.3 Å². The van der Waals surface area contributed by atoms with Gasteiger partial charge in [-0.1, -0.05) is 6.07 Å². The van der Waals surface area contributed by atoms with Gasteiger partial charge in [0.2, 0.25) is 0 Å². The normalized spacial score (nSPS) is 16.8. The summed E-state index contributed by atoms with van der Waals surface area (Å²) in [6.07, 6.45) is 4.90. The van der Waals surface area contributed by atoms with Crippen molar-refractivity contribution in [2.24, 2.45) is 0 Å². The summed E-state index contributed by atoms with van der Waals surface area (Å²) in [5, 5.41) is 2.05. The molecular weight excluding hydrogens is 374 g/mol. The van der Waals surface area contributed by atoms with Crippen molar-refractivity contribution in [2.45, 2.75) is 25.7 Å². The van der Waals surface area contributed by atoms with Crippen molar-refractivity contribution in [3.05, 3.63) is 53.1 Å². The number of aryl methyl sites for hydroxylation is 1. The van der Waals surface area contributed by atoms with Gasteiger partial charge in [-0.15, -0.1) is 11.3 Å². The molecule has 1 amide bonds. The number of rotatable bonds is 4. The third-order valence-corrected chi connectivity index (χ3v) is 5.67. The van der Waals surface area contributed by atoms with Gasteiger partial charge >= 0.3 is 6.01 Å². The maximum Gasteiger partial charge on any atom is 0.316 e. The molecule has 7 nitrogen and oxygen atoms in total. The summed E-state index contributed by atoms with van der Waals surface area (Å²) in [6.45, 7) is 3.30. The molecule has 3 aromatic rings. The fraction of sp³-hybridized carbons (Fsp3) is 0.350. The number of hydrogen-bond acceptors (Lipinski definition) is 7. The van der Waals surface area contributed by atoms with E-state index in [0.717, 1.165) is 34.9 Å². The number of aromatic nitrogens is 4. The summed E-state index contributed by atoms with van der Waals surface area (Å²) in [5.41, 5.74) is 2.36. The predicted octanol–water partition coefficient (Wildman–Crippen LogP) is 3.33. The van der Waals surface area contributed by atoms with Gasteiger partial charge in [-0.25, -0.2) is 19.9 Å². The Labute approximate surface area is 167 Å². The number of carbonyl (C=O) groups excluding carboxylic acids is 1. The third kappa shape index (κ3) is 3.87. The van der Waals surface area contributed by atoms with Crippen LogP contribution in [-0.4, -0.2) is 50.9 Å². The molecular formula is C20H21N5O2S. The van der Waals surface area contributed by atoms with Crippen LogP contribution in [0.25, 0.3) is 10.6 Å². The molecule has 4 rings (SSSR count). The molecule has 1 unspecified atom stereocenters. The van der Waals surface area contributed by atoms with E-state index in [-0.39, 0.29) is 17.8 Å². The van der Waals surface area contributed by atoms with Gasteiger partial charge in [0.05, 0.1) is 23.2 Å². The Bertz CT molecular complexity index is 959. The Kier molecular flexibility index (Phi) is 5.29. The smallest absolute Gasteiger partial charge is 0.316 e. The zero-order chi connectivity index (χ0) is 19.5. The van der Waals surface area contributed by atoms with Gasteiger partial charge in [-0.3, -0.25) is 4.79 Å². The Balaban J connectivity index is 1.54. The quantitative estimate of drug-likeness (QED) is 0.674. The average molecular weight is 395 g/mol. The van der Waals surface area contributed by atoms with Crippen molar-refractivity contribution < 1.29 is 9.53 Å². The van der Waals surface area contributed by atoms with Crippen LogP contribution in [-0.2, 0) is 0 Å². The molecule has 1 fully saturated rings. The second kappa shape index (κ2) is 8.02. The standard InChI is InChI=1S/C20H21N5O2S/c1-13-9-16(17-6-4-8-28-17)24-18(23-13)14-5-3-7-25(12-14)19(26)15-10-21-20(27-2)22-11-15/h4,6,8-11,14H,3,5,7,12H2,1-2H3. The van der Waals surface area contributed by atoms with Crippen molar-refractivity contribution in [1.82, 2.24) is 24.8 Å². The summed E-state index contributed by atoms with van der Waals surface area (Å²) in [6, 6.07) is 6.35. The second-order valence-electron chi connectivity index (χ2n) is 6.78. The molecule has 144 valence electrons. The van der Waals surface area contributed by atoms with Crippen molar-refractivity contribution >= 4 is 17.2 Å². The number of likely N-dealkylation sites (tertiary alicyclic amines) is 1. The molecule has 0 bridgehead atoms. The highest BCUT2D eigenvalue weighted by molar-refractivity contribution is 7.13. The lowest BCUT2D eigenvalue weighted by Gasteiger charge is -2.32. The Hall–Kier alpha value is -2.87. The lowest BCUT2D eigenvalue weighted by atomic mass is 9.96. The second-order valence-corrected chi connectivity index (χ2v) is 7.73. The SMILES string of the molecule is COc1ncc(C(=O)N2CCCC(c3nc(C)cc(-c4cccs4)n3)C2)cn1. The molecule has 1 saturated heterocycles. The van der Waals surface area contributed by atoms with Gasteiger partial charge in [0, 0.05) is 37.1 Å². The molecule has 0 spiro atoms. The third-order valence-electron chi connectivity index (χ3n) is 4.78. The number of carbonyl (C=O) groups is 1. The van der Waals surface area contributed by atoms with Crippen LogP contribution in [0.15, 0.2) is 36.0 Å². The molecule has 0 N–H and O–H groups in total. The fourth-order valence-electron chi connectivity index (χ4n) is 3.41. The van der Waals surface area contributed by atoms with Crippen LogP contribution in [0, 0.1) is 6.92 Å². The summed E-state index contributed by atoms with van der Waals surface area (Å²) in [4.78, 5) is 33.4. The number of amides is 1. The van der Waals surface area contributed by atoms with E-state index < -0.39 is 0 Å². The Morgan fingerprint density at radius 1 is 1.29 bits per heavy atom. The lowest BCUT2D eigenvalue weighted by Crippen LogP contribution is -2.39. The van der Waals surface area contributed by atoms with E-state index in [0.29, 0.717) is 18.7 Å². The van der Waals surface area contributed by atoms with Crippen molar-refractivity contribution in [3.63, 3.8) is 0 Å². The van der Waals surface area contributed by atoms with E-state index in [9.17, 15) is 4.79 Å². The summed E-state index contributed by atoms with van der Waals surface area (Å²) >= 11 is 1.67. The zero-order valence-electron chi connectivity index (χ0n) is 15.8. The number of piperidine rings is 1. The fourth-order valence-corrected chi connectivity index (χ4v) is 4.10. The van der Waals surface area contributed by atoms with Crippen LogP contribution < -0.4 is 4.74 Å². The van der Waals surface area contributed by atoms with Crippen LogP contribution in [0.3, 0.4) is 0 Å².